The van der Waals surface area contributed by atoms with Gasteiger partial charge in [-0.1, -0.05) is 36.4 Å². The zero-order chi connectivity index (χ0) is 21.5. The van der Waals surface area contributed by atoms with Gasteiger partial charge in [0.15, 0.2) is 0 Å². The first-order chi connectivity index (χ1) is 14.4. The molecule has 0 unspecified atom stereocenters. The van der Waals surface area contributed by atoms with E-state index in [-0.39, 0.29) is 12.1 Å². The Morgan fingerprint density at radius 2 is 1.53 bits per heavy atom. The molecular formula is C21H18N4O5. The van der Waals surface area contributed by atoms with Crippen molar-refractivity contribution in [3.8, 4) is 0 Å². The van der Waals surface area contributed by atoms with E-state index >= 15 is 0 Å². The van der Waals surface area contributed by atoms with Gasteiger partial charge in [-0.2, -0.15) is 0 Å². The largest absolute Gasteiger partial charge is 0.334 e. The Balaban J connectivity index is 1.92. The Bertz CT molecular complexity index is 1030. The number of nitrogens with zero attached hydrogens (tertiary/aromatic N) is 4. The highest BCUT2D eigenvalue weighted by atomic mass is 16.6. The number of rotatable bonds is 8. The molecular weight excluding hydrogens is 388 g/mol. The highest BCUT2D eigenvalue weighted by molar-refractivity contribution is 5.95. The van der Waals surface area contributed by atoms with Crippen LogP contribution in [-0.4, -0.2) is 32.2 Å². The summed E-state index contributed by atoms with van der Waals surface area (Å²) in [5.41, 5.74) is 0.543. The molecule has 0 saturated carbocycles. The molecule has 2 aromatic carbocycles. The molecule has 9 nitrogen and oxygen atoms in total. The average Bonchev–Trinajstić information content (AvgIpc) is 2.77. The van der Waals surface area contributed by atoms with Crippen LogP contribution in [0.1, 0.15) is 21.6 Å². The number of hydrogen-bond acceptors (Lipinski definition) is 6. The molecule has 0 atom stereocenters. The molecule has 0 radical (unpaired) electrons. The molecule has 152 valence electrons. The van der Waals surface area contributed by atoms with Crippen molar-refractivity contribution in [1.82, 2.24) is 9.88 Å². The number of non-ortho nitro benzene ring substituents is 2. The lowest BCUT2D eigenvalue weighted by molar-refractivity contribution is -0.394. The summed E-state index contributed by atoms with van der Waals surface area (Å²) in [5, 5.41) is 22.3. The minimum Gasteiger partial charge on any atom is -0.334 e. The lowest BCUT2D eigenvalue weighted by Crippen LogP contribution is -2.32. The van der Waals surface area contributed by atoms with Crippen LogP contribution >= 0.6 is 0 Å². The molecule has 1 aromatic heterocycles. The number of nitro groups is 2. The number of carbonyl (C=O) groups excluding carboxylic acids is 1. The first-order valence-corrected chi connectivity index (χ1v) is 9.11. The molecule has 1 amide bonds. The third-order valence-electron chi connectivity index (χ3n) is 4.44. The Hall–Kier alpha value is -4.14. The van der Waals surface area contributed by atoms with Crippen molar-refractivity contribution in [2.75, 3.05) is 6.54 Å². The van der Waals surface area contributed by atoms with Crippen LogP contribution < -0.4 is 0 Å². The number of benzene rings is 2. The lowest BCUT2D eigenvalue weighted by atomic mass is 10.1. The van der Waals surface area contributed by atoms with Crippen LogP contribution in [0.3, 0.4) is 0 Å². The van der Waals surface area contributed by atoms with Crippen LogP contribution in [0.4, 0.5) is 11.4 Å². The van der Waals surface area contributed by atoms with Crippen molar-refractivity contribution >= 4 is 17.3 Å². The van der Waals surface area contributed by atoms with Gasteiger partial charge >= 0.3 is 0 Å². The first kappa shape index (κ1) is 20.6. The van der Waals surface area contributed by atoms with E-state index in [9.17, 15) is 25.0 Å². The van der Waals surface area contributed by atoms with E-state index in [1.807, 2.05) is 42.5 Å². The standard InChI is InChI=1S/C21H18N4O5/c26-21(17-12-19(24(27)28)14-20(13-17)25(29)30)23(15-16-6-2-1-3-7-16)11-9-18-8-4-5-10-22-18/h1-8,10,12-14H,9,11,15H2. The van der Waals surface area contributed by atoms with Gasteiger partial charge in [0.25, 0.3) is 17.3 Å². The molecule has 0 fully saturated rings. The van der Waals surface area contributed by atoms with Crippen molar-refractivity contribution in [3.63, 3.8) is 0 Å². The monoisotopic (exact) mass is 406 g/mol. The zero-order valence-electron chi connectivity index (χ0n) is 15.9. The molecule has 1 heterocycles. The van der Waals surface area contributed by atoms with Crippen LogP contribution in [-0.2, 0) is 13.0 Å². The number of hydrogen-bond donors (Lipinski definition) is 0. The summed E-state index contributed by atoms with van der Waals surface area (Å²) in [6, 6.07) is 17.7. The SMILES string of the molecule is O=C(c1cc([N+](=O)[O-])cc([N+](=O)[O-])c1)N(CCc1ccccn1)Cc1ccccc1. The number of aromatic nitrogens is 1. The van der Waals surface area contributed by atoms with Gasteiger partial charge in [-0.05, 0) is 17.7 Å². The number of pyridine rings is 1. The predicted molar refractivity (Wildman–Crippen MR) is 109 cm³/mol. The fourth-order valence-electron chi connectivity index (χ4n) is 2.96. The Kier molecular flexibility index (Phi) is 6.43. The first-order valence-electron chi connectivity index (χ1n) is 9.11. The Labute approximate surface area is 171 Å². The summed E-state index contributed by atoms with van der Waals surface area (Å²) in [6.07, 6.45) is 2.12. The molecule has 3 aromatic rings. The minimum absolute atomic E-state index is 0.104. The van der Waals surface area contributed by atoms with Crippen molar-refractivity contribution in [3.05, 3.63) is 110 Å². The van der Waals surface area contributed by atoms with E-state index in [1.165, 1.54) is 4.90 Å². The van der Waals surface area contributed by atoms with Crippen LogP contribution in [0, 0.1) is 20.2 Å². The van der Waals surface area contributed by atoms with E-state index in [0.717, 1.165) is 29.5 Å². The molecule has 9 heteroatoms. The highest BCUT2D eigenvalue weighted by Gasteiger charge is 2.23. The summed E-state index contributed by atoms with van der Waals surface area (Å²) < 4.78 is 0. The maximum absolute atomic E-state index is 13.2. The molecule has 0 aliphatic carbocycles. The van der Waals surface area contributed by atoms with Crippen LogP contribution in [0.2, 0.25) is 0 Å². The minimum atomic E-state index is -0.751. The highest BCUT2D eigenvalue weighted by Crippen LogP contribution is 2.24. The van der Waals surface area contributed by atoms with Crippen molar-refractivity contribution in [2.45, 2.75) is 13.0 Å². The van der Waals surface area contributed by atoms with Crippen LogP contribution in [0.15, 0.2) is 72.9 Å². The second kappa shape index (κ2) is 9.37. The van der Waals surface area contributed by atoms with E-state index in [0.29, 0.717) is 13.0 Å². The number of nitro benzene ring substituents is 2. The molecule has 0 aliphatic rings. The summed E-state index contributed by atoms with van der Waals surface area (Å²) >= 11 is 0. The number of carbonyl (C=O) groups is 1. The van der Waals surface area contributed by atoms with Gasteiger partial charge in [-0.3, -0.25) is 30.0 Å². The molecule has 0 aliphatic heterocycles. The molecule has 0 saturated heterocycles. The quantitative estimate of drug-likeness (QED) is 0.415. The van der Waals surface area contributed by atoms with Crippen molar-refractivity contribution in [2.24, 2.45) is 0 Å². The molecule has 0 spiro atoms. The van der Waals surface area contributed by atoms with Gasteiger partial charge in [0.2, 0.25) is 0 Å². The fraction of sp³-hybridized carbons (Fsp3) is 0.143. The van der Waals surface area contributed by atoms with Gasteiger partial charge < -0.3 is 4.90 Å². The molecule has 0 bridgehead atoms. The Morgan fingerprint density at radius 1 is 0.900 bits per heavy atom. The summed E-state index contributed by atoms with van der Waals surface area (Å²) in [6.45, 7) is 0.546. The zero-order valence-corrected chi connectivity index (χ0v) is 15.9. The van der Waals surface area contributed by atoms with Crippen LogP contribution in [0.25, 0.3) is 0 Å². The molecule has 0 N–H and O–H groups in total. The summed E-state index contributed by atoms with van der Waals surface area (Å²) in [5.74, 6) is -0.526. The van der Waals surface area contributed by atoms with Gasteiger partial charge in [0.1, 0.15) is 0 Å². The number of amides is 1. The predicted octanol–water partition coefficient (Wildman–Crippen LogP) is 3.78. The second-order valence-corrected chi connectivity index (χ2v) is 6.54. The van der Waals surface area contributed by atoms with Gasteiger partial charge in [-0.25, -0.2) is 0 Å². The van der Waals surface area contributed by atoms with E-state index in [2.05, 4.69) is 4.98 Å². The Morgan fingerprint density at radius 3 is 2.10 bits per heavy atom. The maximum Gasteiger partial charge on any atom is 0.277 e. The molecule has 3 rings (SSSR count). The fourth-order valence-corrected chi connectivity index (χ4v) is 2.96. The van der Waals surface area contributed by atoms with E-state index < -0.39 is 27.1 Å². The smallest absolute Gasteiger partial charge is 0.277 e. The van der Waals surface area contributed by atoms with E-state index in [1.54, 1.807) is 12.3 Å². The van der Waals surface area contributed by atoms with Crippen molar-refractivity contribution in [1.29, 1.82) is 0 Å². The van der Waals surface area contributed by atoms with Crippen LogP contribution in [0.5, 0.6) is 0 Å². The average molecular weight is 406 g/mol. The lowest BCUT2D eigenvalue weighted by Gasteiger charge is -2.23. The normalized spacial score (nSPS) is 10.4. The summed E-state index contributed by atoms with van der Waals surface area (Å²) in [7, 11) is 0. The summed E-state index contributed by atoms with van der Waals surface area (Å²) in [4.78, 5) is 39.8. The second-order valence-electron chi connectivity index (χ2n) is 6.54. The topological polar surface area (TPSA) is 119 Å². The van der Waals surface area contributed by atoms with Crippen molar-refractivity contribution < 1.29 is 14.6 Å². The van der Waals surface area contributed by atoms with Gasteiger partial charge in [0, 0.05) is 43.5 Å². The van der Waals surface area contributed by atoms with Gasteiger partial charge in [-0.15, -0.1) is 0 Å². The molecule has 30 heavy (non-hydrogen) atoms. The van der Waals surface area contributed by atoms with Gasteiger partial charge in [0.05, 0.1) is 21.5 Å². The third kappa shape index (κ3) is 5.22. The maximum atomic E-state index is 13.2. The van der Waals surface area contributed by atoms with E-state index in [4.69, 9.17) is 0 Å². The third-order valence-corrected chi connectivity index (χ3v) is 4.44.